The lowest BCUT2D eigenvalue weighted by Crippen LogP contribution is -2.00. The predicted octanol–water partition coefficient (Wildman–Crippen LogP) is 1.75. The van der Waals surface area contributed by atoms with Gasteiger partial charge >= 0.3 is 0 Å². The van der Waals surface area contributed by atoms with Gasteiger partial charge in [-0.2, -0.15) is 0 Å². The number of anilines is 1. The first-order valence-corrected chi connectivity index (χ1v) is 3.28. The quantitative estimate of drug-likeness (QED) is 0.516. The summed E-state index contributed by atoms with van der Waals surface area (Å²) in [5.74, 6) is -2.55. The van der Waals surface area contributed by atoms with Crippen molar-refractivity contribution in [2.24, 2.45) is 0 Å². The second-order valence-electron chi connectivity index (χ2n) is 2.42. The van der Waals surface area contributed by atoms with Gasteiger partial charge in [-0.25, -0.2) is 8.78 Å². The normalized spacial score (nSPS) is 9.92. The van der Waals surface area contributed by atoms with Crippen molar-refractivity contribution >= 4 is 11.5 Å². The van der Waals surface area contributed by atoms with E-state index in [0.717, 1.165) is 12.1 Å². The van der Waals surface area contributed by atoms with Crippen LogP contribution in [0.2, 0.25) is 0 Å². The van der Waals surface area contributed by atoms with E-state index in [1.807, 2.05) is 0 Å². The summed E-state index contributed by atoms with van der Waals surface area (Å²) in [6, 6.07) is 1.94. The summed E-state index contributed by atoms with van der Waals surface area (Å²) in [5.41, 5.74) is 4.82. The van der Waals surface area contributed by atoms with Gasteiger partial charge in [0.15, 0.2) is 17.4 Å². The van der Waals surface area contributed by atoms with E-state index in [2.05, 4.69) is 0 Å². The Morgan fingerprint density at radius 1 is 1.42 bits per heavy atom. The highest BCUT2D eigenvalue weighted by atomic mass is 19.2. The summed E-state index contributed by atoms with van der Waals surface area (Å²) in [5, 5.41) is 0. The predicted molar refractivity (Wildman–Crippen MR) is 40.8 cm³/mol. The molecule has 2 N–H and O–H groups in total. The van der Waals surface area contributed by atoms with Gasteiger partial charge in [0, 0.05) is 5.56 Å². The molecule has 0 heterocycles. The number of carbonyl (C=O) groups excluding carboxylic acids is 1. The fourth-order valence-electron chi connectivity index (χ4n) is 0.814. The number of carbonyl (C=O) groups is 1. The van der Waals surface area contributed by atoms with E-state index in [0.29, 0.717) is 0 Å². The second-order valence-corrected chi connectivity index (χ2v) is 2.42. The van der Waals surface area contributed by atoms with Crippen molar-refractivity contribution in [2.75, 3.05) is 5.73 Å². The lowest BCUT2D eigenvalue weighted by Gasteiger charge is -2.00. The van der Waals surface area contributed by atoms with Crippen LogP contribution in [0.5, 0.6) is 0 Å². The zero-order valence-electron chi connectivity index (χ0n) is 6.40. The van der Waals surface area contributed by atoms with Gasteiger partial charge in [-0.05, 0) is 19.1 Å². The summed E-state index contributed by atoms with van der Waals surface area (Å²) in [4.78, 5) is 10.7. The van der Waals surface area contributed by atoms with Crippen molar-refractivity contribution < 1.29 is 13.6 Å². The van der Waals surface area contributed by atoms with Crippen LogP contribution in [0.1, 0.15) is 17.3 Å². The third kappa shape index (κ3) is 1.42. The molecule has 0 unspecified atom stereocenters. The van der Waals surface area contributed by atoms with Gasteiger partial charge in [0.2, 0.25) is 0 Å². The molecule has 0 radical (unpaired) electrons. The molecule has 0 saturated carbocycles. The summed E-state index contributed by atoms with van der Waals surface area (Å²) in [6.07, 6.45) is 0. The molecule has 0 aromatic heterocycles. The topological polar surface area (TPSA) is 43.1 Å². The molecule has 0 aliphatic heterocycles. The fraction of sp³-hybridized carbons (Fsp3) is 0.125. The number of benzene rings is 1. The second kappa shape index (κ2) is 2.89. The summed E-state index contributed by atoms with van der Waals surface area (Å²) in [7, 11) is 0. The van der Waals surface area contributed by atoms with Crippen molar-refractivity contribution in [3.63, 3.8) is 0 Å². The minimum Gasteiger partial charge on any atom is -0.396 e. The number of nitrogen functional groups attached to an aromatic ring is 1. The molecule has 64 valence electrons. The van der Waals surface area contributed by atoms with Crippen LogP contribution in [-0.2, 0) is 0 Å². The molecule has 0 bridgehead atoms. The number of halogens is 2. The molecule has 2 nitrogen and oxygen atoms in total. The maximum atomic E-state index is 12.6. The summed E-state index contributed by atoms with van der Waals surface area (Å²) in [6.45, 7) is 1.26. The Morgan fingerprint density at radius 2 is 2.00 bits per heavy atom. The average Bonchev–Trinajstić information content (AvgIpc) is 1.99. The van der Waals surface area contributed by atoms with Gasteiger partial charge in [0.1, 0.15) is 0 Å². The third-order valence-corrected chi connectivity index (χ3v) is 1.46. The Bertz CT molecular complexity index is 313. The van der Waals surface area contributed by atoms with Crippen LogP contribution in [0, 0.1) is 11.6 Å². The molecule has 0 amide bonds. The van der Waals surface area contributed by atoms with Crippen molar-refractivity contribution in [3.05, 3.63) is 29.3 Å². The van der Waals surface area contributed by atoms with E-state index in [9.17, 15) is 13.6 Å². The number of nitrogens with two attached hydrogens (primary N) is 1. The number of hydrogen-bond donors (Lipinski definition) is 1. The van der Waals surface area contributed by atoms with Gasteiger partial charge in [0.05, 0.1) is 5.69 Å². The number of Topliss-reactive ketones (excluding diaryl/α,β-unsaturated/α-hetero) is 1. The fourth-order valence-corrected chi connectivity index (χ4v) is 0.814. The van der Waals surface area contributed by atoms with Crippen LogP contribution in [0.3, 0.4) is 0 Å². The lowest BCUT2D eigenvalue weighted by atomic mass is 10.1. The Morgan fingerprint density at radius 3 is 2.42 bits per heavy atom. The van der Waals surface area contributed by atoms with Crippen molar-refractivity contribution in [1.29, 1.82) is 0 Å². The maximum absolute atomic E-state index is 12.6. The number of ketones is 1. The zero-order valence-corrected chi connectivity index (χ0v) is 6.40. The molecular formula is C8H7F2NO. The highest BCUT2D eigenvalue weighted by molar-refractivity contribution is 5.94. The molecule has 4 heteroatoms. The average molecular weight is 171 g/mol. The minimum atomic E-state index is -1.11. The monoisotopic (exact) mass is 171 g/mol. The lowest BCUT2D eigenvalue weighted by molar-refractivity contribution is 0.101. The Labute approximate surface area is 68.0 Å². The Kier molecular flexibility index (Phi) is 2.08. The molecule has 1 aromatic carbocycles. The van der Waals surface area contributed by atoms with E-state index in [1.165, 1.54) is 6.92 Å². The highest BCUT2D eigenvalue weighted by Gasteiger charge is 2.09. The van der Waals surface area contributed by atoms with Gasteiger partial charge in [-0.15, -0.1) is 0 Å². The van der Waals surface area contributed by atoms with Crippen molar-refractivity contribution in [3.8, 4) is 0 Å². The first-order valence-electron chi connectivity index (χ1n) is 3.28. The van der Waals surface area contributed by atoms with E-state index in [4.69, 9.17) is 5.73 Å². The molecule has 0 aliphatic rings. The van der Waals surface area contributed by atoms with Crippen LogP contribution >= 0.6 is 0 Å². The molecule has 1 rings (SSSR count). The van der Waals surface area contributed by atoms with Gasteiger partial charge in [-0.1, -0.05) is 0 Å². The highest BCUT2D eigenvalue weighted by Crippen LogP contribution is 2.16. The van der Waals surface area contributed by atoms with Crippen LogP contribution in [0.25, 0.3) is 0 Å². The first kappa shape index (κ1) is 8.64. The summed E-state index contributed by atoms with van der Waals surface area (Å²) >= 11 is 0. The third-order valence-electron chi connectivity index (χ3n) is 1.46. The standard InChI is InChI=1S/C8H7F2NO/c1-4(12)5-2-6(9)8(10)7(11)3-5/h2-3H,11H2,1H3. The minimum absolute atomic E-state index is 0.0754. The largest absolute Gasteiger partial charge is 0.396 e. The smallest absolute Gasteiger partial charge is 0.181 e. The Hall–Kier alpha value is -1.45. The van der Waals surface area contributed by atoms with E-state index in [-0.39, 0.29) is 17.0 Å². The van der Waals surface area contributed by atoms with Crippen molar-refractivity contribution in [2.45, 2.75) is 6.92 Å². The molecule has 0 spiro atoms. The molecule has 12 heavy (non-hydrogen) atoms. The van der Waals surface area contributed by atoms with Gasteiger partial charge in [0.25, 0.3) is 0 Å². The zero-order chi connectivity index (χ0) is 9.30. The molecule has 0 aliphatic carbocycles. The van der Waals surface area contributed by atoms with Gasteiger partial charge in [-0.3, -0.25) is 4.79 Å². The van der Waals surface area contributed by atoms with Crippen LogP contribution in [0.15, 0.2) is 12.1 Å². The summed E-state index contributed by atoms with van der Waals surface area (Å²) < 4.78 is 25.2. The molecular weight excluding hydrogens is 164 g/mol. The van der Waals surface area contributed by atoms with Crippen LogP contribution in [0.4, 0.5) is 14.5 Å². The molecule has 0 saturated heterocycles. The van der Waals surface area contributed by atoms with Crippen molar-refractivity contribution in [1.82, 2.24) is 0 Å². The number of hydrogen-bond acceptors (Lipinski definition) is 2. The van der Waals surface area contributed by atoms with E-state index < -0.39 is 11.6 Å². The van der Waals surface area contributed by atoms with Crippen LogP contribution < -0.4 is 5.73 Å². The van der Waals surface area contributed by atoms with Gasteiger partial charge < -0.3 is 5.73 Å². The SMILES string of the molecule is CC(=O)c1cc(N)c(F)c(F)c1. The van der Waals surface area contributed by atoms with E-state index in [1.54, 1.807) is 0 Å². The molecule has 0 fully saturated rings. The number of rotatable bonds is 1. The molecule has 0 atom stereocenters. The van der Waals surface area contributed by atoms with Crippen LogP contribution in [-0.4, -0.2) is 5.78 Å². The van der Waals surface area contributed by atoms with E-state index >= 15 is 0 Å². The first-order chi connectivity index (χ1) is 5.52. The molecule has 1 aromatic rings. The maximum Gasteiger partial charge on any atom is 0.181 e. The Balaban J connectivity index is 3.31.